The second-order valence-electron chi connectivity index (χ2n) is 10.2. The van der Waals surface area contributed by atoms with Gasteiger partial charge in [0.25, 0.3) is 15.9 Å². The van der Waals surface area contributed by atoms with Gasteiger partial charge in [-0.1, -0.05) is 29.3 Å². The number of ether oxygens (including phenoxy) is 1. The monoisotopic (exact) mass is 617 g/mol. The van der Waals surface area contributed by atoms with Gasteiger partial charge in [0.1, 0.15) is 11.8 Å². The van der Waals surface area contributed by atoms with Gasteiger partial charge < -0.3 is 15.0 Å². The first-order valence-corrected chi connectivity index (χ1v) is 15.4. The van der Waals surface area contributed by atoms with E-state index in [4.69, 9.17) is 27.9 Å². The van der Waals surface area contributed by atoms with Gasteiger partial charge in [0, 0.05) is 18.6 Å². The highest BCUT2D eigenvalue weighted by molar-refractivity contribution is 7.93. The zero-order valence-corrected chi connectivity index (χ0v) is 26.0. The lowest BCUT2D eigenvalue weighted by Gasteiger charge is -2.33. The fourth-order valence-corrected chi connectivity index (χ4v) is 7.21. The Balaban J connectivity index is 1.38. The number of carbonyl (C=O) groups is 2. The molecule has 1 fully saturated rings. The molecule has 3 aromatic carbocycles. The van der Waals surface area contributed by atoms with Crippen molar-refractivity contribution in [1.29, 1.82) is 0 Å². The van der Waals surface area contributed by atoms with E-state index in [9.17, 15) is 18.0 Å². The summed E-state index contributed by atoms with van der Waals surface area (Å²) >= 11 is 12.3. The van der Waals surface area contributed by atoms with Gasteiger partial charge in [0.2, 0.25) is 5.91 Å². The minimum atomic E-state index is -3.81. The normalized spacial score (nSPS) is 15.5. The highest BCUT2D eigenvalue weighted by atomic mass is 35.5. The molecular weight excluding hydrogens is 585 g/mol. The standard InChI is InChI=1S/C30H33Cl2N3O5S/c1-18-15-19(2)21(4)29(20(18)3)41(38,39)34(5)23-9-11-24(12-10-23)40-17-28(36)33-26-7-6-14-35(30(26)37)27-13-8-22(31)16-25(27)32/h8-13,15-16,26H,6-7,14,17H2,1-5H3,(H,33,36). The molecule has 8 nitrogen and oxygen atoms in total. The van der Waals surface area contributed by atoms with E-state index in [1.54, 1.807) is 47.4 Å². The van der Waals surface area contributed by atoms with Gasteiger partial charge in [-0.15, -0.1) is 0 Å². The molecule has 1 unspecified atom stereocenters. The average Bonchev–Trinajstić information content (AvgIpc) is 2.92. The van der Waals surface area contributed by atoms with Crippen LogP contribution in [0.4, 0.5) is 11.4 Å². The lowest BCUT2D eigenvalue weighted by molar-refractivity contribution is -0.129. The first-order valence-electron chi connectivity index (χ1n) is 13.2. The maximum Gasteiger partial charge on any atom is 0.264 e. The van der Waals surface area contributed by atoms with Crippen molar-refractivity contribution in [2.45, 2.75) is 51.5 Å². The summed E-state index contributed by atoms with van der Waals surface area (Å²) in [5.41, 5.74) is 4.28. The molecule has 1 N–H and O–H groups in total. The number of aryl methyl sites for hydroxylation is 2. The second kappa shape index (κ2) is 12.3. The molecule has 1 aliphatic rings. The Morgan fingerprint density at radius 2 is 1.66 bits per heavy atom. The summed E-state index contributed by atoms with van der Waals surface area (Å²) in [5.74, 6) is -0.313. The van der Waals surface area contributed by atoms with Crippen LogP contribution in [0.2, 0.25) is 10.0 Å². The largest absolute Gasteiger partial charge is 0.484 e. The van der Waals surface area contributed by atoms with E-state index in [1.807, 2.05) is 33.8 Å². The van der Waals surface area contributed by atoms with Crippen LogP contribution in [-0.2, 0) is 19.6 Å². The van der Waals surface area contributed by atoms with Crippen LogP contribution in [0.15, 0.2) is 53.4 Å². The number of anilines is 2. The van der Waals surface area contributed by atoms with Gasteiger partial charge in [-0.25, -0.2) is 8.42 Å². The SMILES string of the molecule is Cc1cc(C)c(C)c(S(=O)(=O)N(C)c2ccc(OCC(=O)NC3CCCN(c4ccc(Cl)cc4Cl)C3=O)cc2)c1C. The summed E-state index contributed by atoms with van der Waals surface area (Å²) in [6, 6.07) is 12.7. The zero-order valence-electron chi connectivity index (χ0n) is 23.6. The van der Waals surface area contributed by atoms with E-state index in [0.29, 0.717) is 51.5 Å². The molecule has 41 heavy (non-hydrogen) atoms. The Bertz CT molecular complexity index is 1570. The molecule has 1 heterocycles. The maximum absolute atomic E-state index is 13.5. The Morgan fingerprint density at radius 3 is 2.27 bits per heavy atom. The smallest absolute Gasteiger partial charge is 0.264 e. The Labute approximate surface area is 251 Å². The number of piperidine rings is 1. The van der Waals surface area contributed by atoms with Gasteiger partial charge >= 0.3 is 0 Å². The molecule has 218 valence electrons. The van der Waals surface area contributed by atoms with Crippen LogP contribution in [-0.4, -0.2) is 46.5 Å². The van der Waals surface area contributed by atoms with E-state index in [-0.39, 0.29) is 12.5 Å². The number of hydrogen-bond acceptors (Lipinski definition) is 5. The Hall–Kier alpha value is -3.27. The number of benzene rings is 3. The van der Waals surface area contributed by atoms with E-state index < -0.39 is 22.0 Å². The fraction of sp³-hybridized carbons (Fsp3) is 0.333. The minimum Gasteiger partial charge on any atom is -0.484 e. The highest BCUT2D eigenvalue weighted by Gasteiger charge is 2.32. The summed E-state index contributed by atoms with van der Waals surface area (Å²) in [4.78, 5) is 27.6. The van der Waals surface area contributed by atoms with Crippen molar-refractivity contribution < 1.29 is 22.7 Å². The molecule has 2 amide bonds. The first-order chi connectivity index (χ1) is 19.3. The molecule has 11 heteroatoms. The minimum absolute atomic E-state index is 0.253. The predicted octanol–water partition coefficient (Wildman–Crippen LogP) is 5.74. The third-order valence-electron chi connectivity index (χ3n) is 7.46. The van der Waals surface area contributed by atoms with Crippen LogP contribution >= 0.6 is 23.2 Å². The molecule has 4 rings (SSSR count). The molecule has 0 saturated carbocycles. The number of amides is 2. The lowest BCUT2D eigenvalue weighted by Crippen LogP contribution is -2.53. The summed E-state index contributed by atoms with van der Waals surface area (Å²) in [5, 5.41) is 3.58. The number of nitrogens with one attached hydrogen (secondary N) is 1. The number of nitrogens with zero attached hydrogens (tertiary/aromatic N) is 2. The Kier molecular flexibility index (Phi) is 9.21. The van der Waals surface area contributed by atoms with Crippen molar-refractivity contribution >= 4 is 56.4 Å². The van der Waals surface area contributed by atoms with E-state index in [1.165, 1.54) is 11.4 Å². The summed E-state index contributed by atoms with van der Waals surface area (Å²) in [6.45, 7) is 7.62. The van der Waals surface area contributed by atoms with E-state index in [0.717, 1.165) is 22.3 Å². The number of sulfonamides is 1. The van der Waals surface area contributed by atoms with Crippen LogP contribution in [0, 0.1) is 27.7 Å². The number of hydrogen-bond donors (Lipinski definition) is 1. The number of rotatable bonds is 8. The molecular formula is C30H33Cl2N3O5S. The lowest BCUT2D eigenvalue weighted by atomic mass is 10.0. The summed E-state index contributed by atoms with van der Waals surface area (Å²) in [7, 11) is -2.30. The van der Waals surface area contributed by atoms with Crippen LogP contribution in [0.5, 0.6) is 5.75 Å². The van der Waals surface area contributed by atoms with Crippen LogP contribution in [0.3, 0.4) is 0 Å². The van der Waals surface area contributed by atoms with Crippen molar-refractivity contribution in [3.05, 3.63) is 80.8 Å². The molecule has 1 atom stereocenters. The fourth-order valence-electron chi connectivity index (χ4n) is 4.93. The van der Waals surface area contributed by atoms with Gasteiger partial charge in [0.15, 0.2) is 6.61 Å². The van der Waals surface area contributed by atoms with Crippen molar-refractivity contribution in [3.63, 3.8) is 0 Å². The molecule has 0 bridgehead atoms. The van der Waals surface area contributed by atoms with Crippen molar-refractivity contribution in [2.24, 2.45) is 0 Å². The zero-order chi connectivity index (χ0) is 30.1. The van der Waals surface area contributed by atoms with Crippen LogP contribution in [0.25, 0.3) is 0 Å². The molecule has 0 radical (unpaired) electrons. The summed E-state index contributed by atoms with van der Waals surface area (Å²) < 4.78 is 33.9. The van der Waals surface area contributed by atoms with Crippen LogP contribution in [0.1, 0.15) is 35.1 Å². The van der Waals surface area contributed by atoms with E-state index in [2.05, 4.69) is 5.32 Å². The predicted molar refractivity (Wildman–Crippen MR) is 163 cm³/mol. The quantitative estimate of drug-likeness (QED) is 0.347. The molecule has 0 spiro atoms. The van der Waals surface area contributed by atoms with Crippen molar-refractivity contribution in [2.75, 3.05) is 29.4 Å². The topological polar surface area (TPSA) is 96.0 Å². The summed E-state index contributed by atoms with van der Waals surface area (Å²) in [6.07, 6.45) is 1.19. The van der Waals surface area contributed by atoms with Gasteiger partial charge in [-0.05, 0) is 105 Å². The van der Waals surface area contributed by atoms with Gasteiger partial charge in [-0.2, -0.15) is 0 Å². The number of halogens is 2. The second-order valence-corrected chi connectivity index (χ2v) is 12.9. The first kappa shape index (κ1) is 30.7. The maximum atomic E-state index is 13.5. The van der Waals surface area contributed by atoms with Gasteiger partial charge in [0.05, 0.1) is 21.3 Å². The molecule has 3 aromatic rings. The van der Waals surface area contributed by atoms with Crippen molar-refractivity contribution in [1.82, 2.24) is 5.32 Å². The molecule has 1 saturated heterocycles. The number of carbonyl (C=O) groups excluding carboxylic acids is 2. The molecule has 0 aromatic heterocycles. The van der Waals surface area contributed by atoms with Crippen molar-refractivity contribution in [3.8, 4) is 5.75 Å². The molecule has 1 aliphatic heterocycles. The third kappa shape index (κ3) is 6.47. The van der Waals surface area contributed by atoms with Crippen LogP contribution < -0.4 is 19.3 Å². The molecule has 0 aliphatic carbocycles. The highest BCUT2D eigenvalue weighted by Crippen LogP contribution is 2.32. The average molecular weight is 619 g/mol. The van der Waals surface area contributed by atoms with Gasteiger partial charge in [-0.3, -0.25) is 13.9 Å². The third-order valence-corrected chi connectivity index (χ3v) is 10.1. The Morgan fingerprint density at radius 1 is 1.02 bits per heavy atom. The van der Waals surface area contributed by atoms with E-state index >= 15 is 0 Å².